The lowest BCUT2D eigenvalue weighted by molar-refractivity contribution is 0.440. The van der Waals surface area contributed by atoms with Crippen LogP contribution < -0.4 is 5.14 Å². The first kappa shape index (κ1) is 16.3. The number of para-hydroxylation sites is 1. The van der Waals surface area contributed by atoms with E-state index in [-0.39, 0.29) is 11.3 Å². The summed E-state index contributed by atoms with van der Waals surface area (Å²) in [6.07, 6.45) is 1.47. The molecule has 1 heterocycles. The maximum Gasteiger partial charge on any atom is 0.241 e. The van der Waals surface area contributed by atoms with Crippen LogP contribution in [-0.2, 0) is 10.0 Å². The molecule has 0 spiro atoms. The van der Waals surface area contributed by atoms with Crippen molar-refractivity contribution in [1.82, 2.24) is 9.78 Å². The first-order valence-electron chi connectivity index (χ1n) is 6.67. The molecule has 4 N–H and O–H groups in total. The Morgan fingerprint density at radius 1 is 1.08 bits per heavy atom. The van der Waals surface area contributed by atoms with Gasteiger partial charge in [0.15, 0.2) is 0 Å². The van der Waals surface area contributed by atoms with Crippen molar-refractivity contribution in [3.8, 4) is 28.4 Å². The molecule has 3 rings (SSSR count). The Balaban J connectivity index is 2.26. The molecule has 0 aliphatic rings. The highest BCUT2D eigenvalue weighted by Gasteiger charge is 2.20. The number of nitrogens with two attached hydrogens (primary N) is 1. The van der Waals surface area contributed by atoms with Crippen LogP contribution in [0.15, 0.2) is 53.6 Å². The highest BCUT2D eigenvalue weighted by Crippen LogP contribution is 2.37. The van der Waals surface area contributed by atoms with Gasteiger partial charge in [-0.25, -0.2) is 18.2 Å². The highest BCUT2D eigenvalue weighted by atomic mass is 35.5. The molecule has 0 fully saturated rings. The quantitative estimate of drug-likeness (QED) is 0.657. The number of rotatable bonds is 3. The predicted octanol–water partition coefficient (Wildman–Crippen LogP) is 2.25. The lowest BCUT2D eigenvalue weighted by Crippen LogP contribution is -2.12. The molecule has 0 bridgehead atoms. The zero-order valence-electron chi connectivity index (χ0n) is 12.1. The summed E-state index contributed by atoms with van der Waals surface area (Å²) >= 11 is 6.16. The van der Waals surface area contributed by atoms with Gasteiger partial charge in [0, 0.05) is 11.6 Å². The predicted molar refractivity (Wildman–Crippen MR) is 88.7 cm³/mol. The molecule has 0 atom stereocenters. The number of sulfonamides is 1. The van der Waals surface area contributed by atoms with E-state index in [0.29, 0.717) is 16.4 Å². The zero-order chi connectivity index (χ0) is 17.5. The molecule has 0 amide bonds. The SMILES string of the molecule is NS(=O)(=O)c1cc(-c2ccnn2-c2ccccc2Cl)c(O)cc1O. The van der Waals surface area contributed by atoms with Crippen LogP contribution in [0.3, 0.4) is 0 Å². The average molecular weight is 366 g/mol. The van der Waals surface area contributed by atoms with Crippen molar-refractivity contribution in [3.63, 3.8) is 0 Å². The number of phenols is 2. The molecular weight excluding hydrogens is 354 g/mol. The summed E-state index contributed by atoms with van der Waals surface area (Å²) in [5.74, 6) is -0.962. The summed E-state index contributed by atoms with van der Waals surface area (Å²) < 4.78 is 24.6. The molecule has 3 aromatic rings. The van der Waals surface area contributed by atoms with E-state index in [9.17, 15) is 18.6 Å². The van der Waals surface area contributed by atoms with Crippen LogP contribution in [0.5, 0.6) is 11.5 Å². The standard InChI is InChI=1S/C15H12ClN3O4S/c16-10-3-1-2-4-12(10)19-11(5-6-18-19)9-7-15(24(17,22)23)14(21)8-13(9)20/h1-8,20-21H,(H2,17,22,23). The van der Waals surface area contributed by atoms with E-state index in [0.717, 1.165) is 12.1 Å². The number of halogens is 1. The second-order valence-corrected chi connectivity index (χ2v) is 6.90. The number of nitrogens with zero attached hydrogens (tertiary/aromatic N) is 2. The van der Waals surface area contributed by atoms with Crippen molar-refractivity contribution >= 4 is 21.6 Å². The van der Waals surface area contributed by atoms with Gasteiger partial charge in [0.2, 0.25) is 10.0 Å². The van der Waals surface area contributed by atoms with Crippen molar-refractivity contribution in [2.45, 2.75) is 4.90 Å². The summed E-state index contributed by atoms with van der Waals surface area (Å²) in [4.78, 5) is -0.498. The smallest absolute Gasteiger partial charge is 0.241 e. The maximum atomic E-state index is 11.6. The van der Waals surface area contributed by atoms with Gasteiger partial charge in [0.25, 0.3) is 0 Å². The molecule has 24 heavy (non-hydrogen) atoms. The Bertz CT molecular complexity index is 1030. The number of primary sulfonamides is 1. The van der Waals surface area contributed by atoms with Gasteiger partial charge in [-0.05, 0) is 24.3 Å². The minimum atomic E-state index is -4.17. The molecule has 0 saturated carbocycles. The third kappa shape index (κ3) is 2.82. The summed E-state index contributed by atoms with van der Waals surface area (Å²) in [6.45, 7) is 0. The van der Waals surface area contributed by atoms with Gasteiger partial charge >= 0.3 is 0 Å². The van der Waals surface area contributed by atoms with E-state index < -0.39 is 20.7 Å². The van der Waals surface area contributed by atoms with Gasteiger partial charge in [0.1, 0.15) is 16.4 Å². The van der Waals surface area contributed by atoms with Crippen molar-refractivity contribution in [2.75, 3.05) is 0 Å². The lowest BCUT2D eigenvalue weighted by Gasteiger charge is -2.12. The maximum absolute atomic E-state index is 11.6. The van der Waals surface area contributed by atoms with Gasteiger partial charge in [0.05, 0.1) is 22.6 Å². The van der Waals surface area contributed by atoms with Crippen LogP contribution in [0.2, 0.25) is 5.02 Å². The number of aromatic hydroxyl groups is 2. The van der Waals surface area contributed by atoms with Crippen LogP contribution in [0.1, 0.15) is 0 Å². The molecule has 0 unspecified atom stereocenters. The Kier molecular flexibility index (Phi) is 3.96. The Hall–Kier alpha value is -2.55. The summed E-state index contributed by atoms with van der Waals surface area (Å²) in [6, 6.07) is 10.5. The monoisotopic (exact) mass is 365 g/mol. The topological polar surface area (TPSA) is 118 Å². The van der Waals surface area contributed by atoms with E-state index in [1.54, 1.807) is 30.3 Å². The average Bonchev–Trinajstić information content (AvgIpc) is 2.95. The minimum absolute atomic E-state index is 0.134. The molecule has 1 aromatic heterocycles. The van der Waals surface area contributed by atoms with Crippen LogP contribution >= 0.6 is 11.6 Å². The van der Waals surface area contributed by atoms with Gasteiger partial charge in [-0.3, -0.25) is 0 Å². The van der Waals surface area contributed by atoms with Crippen LogP contribution in [0.25, 0.3) is 16.9 Å². The molecule has 0 saturated heterocycles. The van der Waals surface area contributed by atoms with E-state index in [2.05, 4.69) is 5.10 Å². The Morgan fingerprint density at radius 2 is 1.79 bits per heavy atom. The van der Waals surface area contributed by atoms with Gasteiger partial charge in [-0.1, -0.05) is 23.7 Å². The fourth-order valence-corrected chi connectivity index (χ4v) is 3.16. The Morgan fingerprint density at radius 3 is 2.46 bits per heavy atom. The van der Waals surface area contributed by atoms with Crippen molar-refractivity contribution in [2.24, 2.45) is 5.14 Å². The van der Waals surface area contributed by atoms with E-state index in [4.69, 9.17) is 16.7 Å². The highest BCUT2D eigenvalue weighted by molar-refractivity contribution is 7.89. The third-order valence-corrected chi connectivity index (χ3v) is 4.64. The molecular formula is C15H12ClN3O4S. The van der Waals surface area contributed by atoms with Gasteiger partial charge in [-0.15, -0.1) is 0 Å². The van der Waals surface area contributed by atoms with Crippen LogP contribution in [0, 0.1) is 0 Å². The first-order chi connectivity index (χ1) is 11.3. The number of aromatic nitrogens is 2. The third-order valence-electron chi connectivity index (χ3n) is 3.38. The molecule has 9 heteroatoms. The van der Waals surface area contributed by atoms with Gasteiger partial charge < -0.3 is 10.2 Å². The largest absolute Gasteiger partial charge is 0.507 e. The fourth-order valence-electron chi connectivity index (χ4n) is 2.31. The summed E-state index contributed by atoms with van der Waals surface area (Å²) in [5, 5.41) is 29.5. The Labute approximate surface area is 142 Å². The fraction of sp³-hybridized carbons (Fsp3) is 0. The molecule has 7 nitrogen and oxygen atoms in total. The van der Waals surface area contributed by atoms with Crippen LogP contribution in [-0.4, -0.2) is 28.4 Å². The number of hydrogen-bond acceptors (Lipinski definition) is 5. The van der Waals surface area contributed by atoms with E-state index >= 15 is 0 Å². The van der Waals surface area contributed by atoms with E-state index in [1.165, 1.54) is 10.9 Å². The molecule has 2 aromatic carbocycles. The van der Waals surface area contributed by atoms with E-state index in [1.807, 2.05) is 0 Å². The number of benzene rings is 2. The van der Waals surface area contributed by atoms with Gasteiger partial charge in [-0.2, -0.15) is 5.10 Å². The van der Waals surface area contributed by atoms with Crippen molar-refractivity contribution in [3.05, 3.63) is 53.7 Å². The summed E-state index contributed by atoms with van der Waals surface area (Å²) in [7, 11) is -4.17. The molecule has 124 valence electrons. The van der Waals surface area contributed by atoms with Crippen LogP contribution in [0.4, 0.5) is 0 Å². The second-order valence-electron chi connectivity index (χ2n) is 4.96. The minimum Gasteiger partial charge on any atom is -0.507 e. The first-order valence-corrected chi connectivity index (χ1v) is 8.59. The summed E-state index contributed by atoms with van der Waals surface area (Å²) in [5.41, 5.74) is 1.06. The van der Waals surface area contributed by atoms with Crippen molar-refractivity contribution in [1.29, 1.82) is 0 Å². The number of hydrogen-bond donors (Lipinski definition) is 3. The number of phenolic OH excluding ortho intramolecular Hbond substituents is 2. The molecule has 0 aliphatic carbocycles. The molecule has 0 radical (unpaired) electrons. The second kappa shape index (κ2) is 5.82. The molecule has 0 aliphatic heterocycles. The lowest BCUT2D eigenvalue weighted by atomic mass is 10.1. The normalized spacial score (nSPS) is 11.6. The van der Waals surface area contributed by atoms with Crippen molar-refractivity contribution < 1.29 is 18.6 Å². The zero-order valence-corrected chi connectivity index (χ0v) is 13.7.